The van der Waals surface area contributed by atoms with Crippen LogP contribution in [0.15, 0.2) is 18.2 Å². The fourth-order valence-corrected chi connectivity index (χ4v) is 2.04. The van der Waals surface area contributed by atoms with Gasteiger partial charge in [-0.2, -0.15) is 0 Å². The molecule has 0 saturated heterocycles. The number of hydrogen-bond acceptors (Lipinski definition) is 6. The van der Waals surface area contributed by atoms with Crippen LogP contribution in [0.4, 0.5) is 0 Å². The molecular formula is C15H18ClNO6. The van der Waals surface area contributed by atoms with Crippen LogP contribution in [0.3, 0.4) is 0 Å². The van der Waals surface area contributed by atoms with Crippen molar-refractivity contribution >= 4 is 29.6 Å². The second kappa shape index (κ2) is 9.02. The second-order valence-corrected chi connectivity index (χ2v) is 4.75. The Morgan fingerprint density at radius 1 is 1.30 bits per heavy atom. The molecule has 0 bridgehead atoms. The molecule has 1 amide bonds. The van der Waals surface area contributed by atoms with Crippen molar-refractivity contribution in [2.75, 3.05) is 27.9 Å². The predicted molar refractivity (Wildman–Crippen MR) is 84.6 cm³/mol. The van der Waals surface area contributed by atoms with Crippen molar-refractivity contribution in [2.24, 2.45) is 0 Å². The van der Waals surface area contributed by atoms with Gasteiger partial charge in [0.15, 0.2) is 17.5 Å². The van der Waals surface area contributed by atoms with Crippen molar-refractivity contribution in [3.8, 4) is 11.5 Å². The van der Waals surface area contributed by atoms with E-state index in [4.69, 9.17) is 26.2 Å². The zero-order valence-corrected chi connectivity index (χ0v) is 13.7. The van der Waals surface area contributed by atoms with E-state index >= 15 is 0 Å². The maximum atomic E-state index is 11.8. The first-order valence-corrected chi connectivity index (χ1v) is 6.93. The van der Waals surface area contributed by atoms with Gasteiger partial charge in [-0.3, -0.25) is 4.79 Å². The summed E-state index contributed by atoms with van der Waals surface area (Å²) >= 11 is 6.06. The number of rotatable bonds is 7. The summed E-state index contributed by atoms with van der Waals surface area (Å²) in [5, 5.41) is 11.7. The third kappa shape index (κ3) is 5.15. The van der Waals surface area contributed by atoms with Gasteiger partial charge in [0.2, 0.25) is 5.91 Å². The number of ether oxygens (including phenoxy) is 3. The van der Waals surface area contributed by atoms with Crippen molar-refractivity contribution in [2.45, 2.75) is 6.04 Å². The highest BCUT2D eigenvalue weighted by atomic mass is 35.5. The molecule has 126 valence electrons. The number of methoxy groups -OCH3 is 3. The Kier molecular flexibility index (Phi) is 7.37. The number of nitrogens with one attached hydrogen (secondary N) is 1. The summed E-state index contributed by atoms with van der Waals surface area (Å²) in [5.74, 6) is -0.492. The third-order valence-corrected chi connectivity index (χ3v) is 3.15. The van der Waals surface area contributed by atoms with E-state index in [0.29, 0.717) is 22.1 Å². The van der Waals surface area contributed by atoms with E-state index in [1.165, 1.54) is 33.5 Å². The molecule has 0 aliphatic carbocycles. The summed E-state index contributed by atoms with van der Waals surface area (Å²) in [5.41, 5.74) is 0.599. The quantitative estimate of drug-likeness (QED) is 0.567. The van der Waals surface area contributed by atoms with Crippen molar-refractivity contribution < 1.29 is 28.9 Å². The first-order valence-electron chi connectivity index (χ1n) is 6.55. The number of carbonyl (C=O) groups is 2. The summed E-state index contributed by atoms with van der Waals surface area (Å²) < 4.78 is 14.7. The van der Waals surface area contributed by atoms with Crippen LogP contribution in [-0.2, 0) is 14.3 Å². The first-order chi connectivity index (χ1) is 11.0. The van der Waals surface area contributed by atoms with E-state index in [0.717, 1.165) is 0 Å². The molecule has 0 aromatic heterocycles. The van der Waals surface area contributed by atoms with E-state index in [1.54, 1.807) is 12.1 Å². The van der Waals surface area contributed by atoms with Gasteiger partial charge in [-0.1, -0.05) is 11.6 Å². The van der Waals surface area contributed by atoms with E-state index in [-0.39, 0.29) is 0 Å². The second-order valence-electron chi connectivity index (χ2n) is 4.34. The lowest BCUT2D eigenvalue weighted by molar-refractivity contribution is -0.145. The van der Waals surface area contributed by atoms with Gasteiger partial charge in [0.1, 0.15) is 0 Å². The van der Waals surface area contributed by atoms with Gasteiger partial charge in [0, 0.05) is 6.08 Å². The molecule has 8 heteroatoms. The van der Waals surface area contributed by atoms with Crippen LogP contribution in [0.5, 0.6) is 11.5 Å². The molecule has 0 heterocycles. The highest BCUT2D eigenvalue weighted by molar-refractivity contribution is 6.32. The van der Waals surface area contributed by atoms with Gasteiger partial charge in [0.05, 0.1) is 33.0 Å². The topological polar surface area (TPSA) is 94.1 Å². The number of halogens is 1. The van der Waals surface area contributed by atoms with Crippen LogP contribution in [0.25, 0.3) is 6.08 Å². The molecule has 7 nitrogen and oxygen atoms in total. The van der Waals surface area contributed by atoms with Crippen molar-refractivity contribution in [1.82, 2.24) is 5.32 Å². The molecule has 1 rings (SSSR count). The zero-order chi connectivity index (χ0) is 17.4. The van der Waals surface area contributed by atoms with Crippen LogP contribution >= 0.6 is 11.6 Å². The molecule has 0 radical (unpaired) electrons. The summed E-state index contributed by atoms with van der Waals surface area (Å²) in [7, 11) is 4.10. The average Bonchev–Trinajstić information content (AvgIpc) is 2.56. The smallest absolute Gasteiger partial charge is 0.330 e. The van der Waals surface area contributed by atoms with Gasteiger partial charge in [0.25, 0.3) is 0 Å². The molecule has 0 unspecified atom stereocenters. The lowest BCUT2D eigenvalue weighted by Gasteiger charge is -2.12. The van der Waals surface area contributed by atoms with Crippen molar-refractivity contribution in [1.29, 1.82) is 0 Å². The largest absolute Gasteiger partial charge is 0.493 e. The van der Waals surface area contributed by atoms with Crippen LogP contribution in [0.2, 0.25) is 5.02 Å². The summed E-state index contributed by atoms with van der Waals surface area (Å²) in [4.78, 5) is 23.0. The molecule has 0 aliphatic heterocycles. The molecule has 1 aromatic rings. The normalized spacial score (nSPS) is 11.9. The molecule has 1 aromatic carbocycles. The van der Waals surface area contributed by atoms with Gasteiger partial charge in [-0.15, -0.1) is 0 Å². The SMILES string of the molecule is COC(=O)[C@H](CO)NC(=O)/C=C/c1cc(Cl)c(OC)c(OC)c1. The number of amides is 1. The lowest BCUT2D eigenvalue weighted by atomic mass is 10.2. The minimum Gasteiger partial charge on any atom is -0.493 e. The molecule has 0 aliphatic rings. The van der Waals surface area contributed by atoms with Crippen LogP contribution in [0.1, 0.15) is 5.56 Å². The molecule has 2 N–H and O–H groups in total. The Morgan fingerprint density at radius 2 is 2.00 bits per heavy atom. The number of aliphatic hydroxyl groups excluding tert-OH is 1. The number of hydrogen-bond donors (Lipinski definition) is 2. The summed E-state index contributed by atoms with van der Waals surface area (Å²) in [6.45, 7) is -0.561. The van der Waals surface area contributed by atoms with Crippen molar-refractivity contribution in [3.05, 3.63) is 28.8 Å². The molecule has 23 heavy (non-hydrogen) atoms. The highest BCUT2D eigenvalue weighted by Gasteiger charge is 2.19. The molecular weight excluding hydrogens is 326 g/mol. The Morgan fingerprint density at radius 3 is 2.52 bits per heavy atom. The Bertz CT molecular complexity index is 602. The molecule has 0 fully saturated rings. The number of esters is 1. The van der Waals surface area contributed by atoms with E-state index in [9.17, 15) is 9.59 Å². The van der Waals surface area contributed by atoms with Gasteiger partial charge in [-0.05, 0) is 23.8 Å². The molecule has 0 saturated carbocycles. The van der Waals surface area contributed by atoms with E-state index < -0.39 is 24.5 Å². The minimum absolute atomic E-state index is 0.328. The average molecular weight is 344 g/mol. The maximum absolute atomic E-state index is 11.8. The molecule has 1 atom stereocenters. The Labute approximate surface area is 138 Å². The maximum Gasteiger partial charge on any atom is 0.330 e. The van der Waals surface area contributed by atoms with Crippen LogP contribution in [0, 0.1) is 0 Å². The Hall–Kier alpha value is -2.25. The number of carbonyl (C=O) groups excluding carboxylic acids is 2. The monoisotopic (exact) mass is 343 g/mol. The van der Waals surface area contributed by atoms with Crippen LogP contribution < -0.4 is 14.8 Å². The predicted octanol–water partition coefficient (Wildman–Crippen LogP) is 1.02. The Balaban J connectivity index is 2.86. The van der Waals surface area contributed by atoms with Crippen LogP contribution in [-0.4, -0.2) is 51.0 Å². The standard InChI is InChI=1S/C15H18ClNO6/c1-21-12-7-9(6-10(16)14(12)22-2)4-5-13(19)17-11(8-18)15(20)23-3/h4-7,11,18H,8H2,1-3H3,(H,17,19)/b5-4+/t11-/m0/s1. The number of aliphatic hydroxyl groups is 1. The van der Waals surface area contributed by atoms with Gasteiger partial charge in [-0.25, -0.2) is 4.79 Å². The highest BCUT2D eigenvalue weighted by Crippen LogP contribution is 2.36. The van der Waals surface area contributed by atoms with Gasteiger partial charge >= 0.3 is 5.97 Å². The summed E-state index contributed by atoms with van der Waals surface area (Å²) in [6, 6.07) is 2.11. The van der Waals surface area contributed by atoms with E-state index in [2.05, 4.69) is 10.1 Å². The zero-order valence-electron chi connectivity index (χ0n) is 13.0. The van der Waals surface area contributed by atoms with Gasteiger partial charge < -0.3 is 24.6 Å². The van der Waals surface area contributed by atoms with Crippen molar-refractivity contribution in [3.63, 3.8) is 0 Å². The summed E-state index contributed by atoms with van der Waals surface area (Å²) in [6.07, 6.45) is 2.68. The fraction of sp³-hybridized carbons (Fsp3) is 0.333. The minimum atomic E-state index is -1.12. The fourth-order valence-electron chi connectivity index (χ4n) is 1.75. The number of benzene rings is 1. The lowest BCUT2D eigenvalue weighted by Crippen LogP contribution is -2.43. The molecule has 0 spiro atoms. The van der Waals surface area contributed by atoms with E-state index in [1.807, 2.05) is 0 Å². The first kappa shape index (κ1) is 18.8. The third-order valence-electron chi connectivity index (χ3n) is 2.87.